The Morgan fingerprint density at radius 2 is 1.92 bits per heavy atom. The minimum atomic E-state index is -0.0467. The molecule has 0 fully saturated rings. The summed E-state index contributed by atoms with van der Waals surface area (Å²) >= 11 is 5.97. The molecule has 0 unspecified atom stereocenters. The molecular weight excluding hydrogens is 347 g/mol. The first-order chi connectivity index (χ1) is 11.0. The normalized spacial score (nSPS) is 9.96. The first kappa shape index (κ1) is 20.1. The van der Waals surface area contributed by atoms with Crippen LogP contribution >= 0.6 is 24.0 Å². The van der Waals surface area contributed by atoms with Crippen molar-refractivity contribution in [3.8, 4) is 5.75 Å². The lowest BCUT2D eigenvalue weighted by Crippen LogP contribution is -2.13. The molecule has 130 valence electrons. The van der Waals surface area contributed by atoms with Gasteiger partial charge in [0.15, 0.2) is 0 Å². The average Bonchev–Trinajstić information content (AvgIpc) is 2.51. The molecule has 4 nitrogen and oxygen atoms in total. The summed E-state index contributed by atoms with van der Waals surface area (Å²) < 4.78 is 5.63. The second-order valence-corrected chi connectivity index (χ2v) is 5.89. The van der Waals surface area contributed by atoms with E-state index in [-0.39, 0.29) is 18.3 Å². The van der Waals surface area contributed by atoms with Crippen LogP contribution in [0.1, 0.15) is 24.0 Å². The summed E-state index contributed by atoms with van der Waals surface area (Å²) in [5.41, 5.74) is 9.07. The zero-order valence-electron chi connectivity index (χ0n) is 13.8. The smallest absolute Gasteiger partial charge is 0.224 e. The third-order valence-electron chi connectivity index (χ3n) is 3.48. The van der Waals surface area contributed by atoms with E-state index in [0.717, 1.165) is 22.6 Å². The average molecular weight is 369 g/mol. The van der Waals surface area contributed by atoms with Crippen LogP contribution in [0, 0.1) is 13.8 Å². The fraction of sp³-hybridized carbons (Fsp3) is 0.278. The Bertz CT molecular complexity index is 705. The first-order valence-electron chi connectivity index (χ1n) is 7.50. The number of benzene rings is 2. The Labute approximate surface area is 153 Å². The summed E-state index contributed by atoms with van der Waals surface area (Å²) in [6.07, 6.45) is 1.02. The summed E-state index contributed by atoms with van der Waals surface area (Å²) in [5.74, 6) is 0.716. The van der Waals surface area contributed by atoms with Crippen LogP contribution in [-0.2, 0) is 4.79 Å². The minimum Gasteiger partial charge on any atom is -0.494 e. The molecule has 0 atom stereocenters. The zero-order chi connectivity index (χ0) is 16.8. The van der Waals surface area contributed by atoms with Gasteiger partial charge in [0.05, 0.1) is 6.61 Å². The van der Waals surface area contributed by atoms with Gasteiger partial charge in [-0.05, 0) is 61.7 Å². The standard InChI is InChI=1S/C18H21ClN2O2.ClH/c1-12-5-6-14(20)11-17(12)21-18(22)4-3-9-23-15-7-8-16(19)13(2)10-15;/h5-8,10-11H,3-4,9,20H2,1-2H3,(H,21,22);1H. The van der Waals surface area contributed by atoms with Crippen LogP contribution in [0.3, 0.4) is 0 Å². The number of hydrogen-bond acceptors (Lipinski definition) is 3. The van der Waals surface area contributed by atoms with Gasteiger partial charge in [-0.2, -0.15) is 0 Å². The van der Waals surface area contributed by atoms with Gasteiger partial charge in [0.2, 0.25) is 5.91 Å². The summed E-state index contributed by atoms with van der Waals surface area (Å²) in [6, 6.07) is 11.0. The molecule has 1 amide bonds. The van der Waals surface area contributed by atoms with Crippen LogP contribution in [-0.4, -0.2) is 12.5 Å². The van der Waals surface area contributed by atoms with E-state index in [9.17, 15) is 4.79 Å². The molecule has 0 saturated carbocycles. The zero-order valence-corrected chi connectivity index (χ0v) is 15.3. The van der Waals surface area contributed by atoms with E-state index in [4.69, 9.17) is 22.1 Å². The van der Waals surface area contributed by atoms with E-state index >= 15 is 0 Å². The Morgan fingerprint density at radius 1 is 1.17 bits per heavy atom. The highest BCUT2D eigenvalue weighted by atomic mass is 35.5. The van der Waals surface area contributed by atoms with Crippen molar-refractivity contribution in [1.29, 1.82) is 0 Å². The number of anilines is 2. The SMILES string of the molecule is Cc1cc(OCCCC(=O)Nc2cc(N)ccc2C)ccc1Cl.Cl. The highest BCUT2D eigenvalue weighted by Gasteiger charge is 2.06. The monoisotopic (exact) mass is 368 g/mol. The van der Waals surface area contributed by atoms with Crippen molar-refractivity contribution in [2.75, 3.05) is 17.7 Å². The number of hydrogen-bond donors (Lipinski definition) is 2. The summed E-state index contributed by atoms with van der Waals surface area (Å²) in [5, 5.41) is 3.59. The van der Waals surface area contributed by atoms with Crippen molar-refractivity contribution < 1.29 is 9.53 Å². The van der Waals surface area contributed by atoms with Crippen LogP contribution in [0.5, 0.6) is 5.75 Å². The van der Waals surface area contributed by atoms with Gasteiger partial charge in [-0.1, -0.05) is 17.7 Å². The Kier molecular flexibility index (Phi) is 7.89. The molecule has 6 heteroatoms. The van der Waals surface area contributed by atoms with Gasteiger partial charge in [-0.25, -0.2) is 0 Å². The van der Waals surface area contributed by atoms with Gasteiger partial charge in [0, 0.05) is 22.8 Å². The first-order valence-corrected chi connectivity index (χ1v) is 7.88. The maximum atomic E-state index is 12.0. The lowest BCUT2D eigenvalue weighted by Gasteiger charge is -2.10. The summed E-state index contributed by atoms with van der Waals surface area (Å²) in [6.45, 7) is 4.34. The van der Waals surface area contributed by atoms with Gasteiger partial charge in [0.25, 0.3) is 0 Å². The maximum Gasteiger partial charge on any atom is 0.224 e. The van der Waals surface area contributed by atoms with E-state index in [1.165, 1.54) is 0 Å². The fourth-order valence-electron chi connectivity index (χ4n) is 2.12. The molecule has 0 aliphatic carbocycles. The van der Waals surface area contributed by atoms with E-state index < -0.39 is 0 Å². The molecule has 0 aliphatic heterocycles. The Morgan fingerprint density at radius 3 is 2.62 bits per heavy atom. The fourth-order valence-corrected chi connectivity index (χ4v) is 2.23. The second kappa shape index (κ2) is 9.40. The topological polar surface area (TPSA) is 64.3 Å². The van der Waals surface area contributed by atoms with E-state index in [2.05, 4.69) is 5.32 Å². The van der Waals surface area contributed by atoms with Crippen LogP contribution < -0.4 is 15.8 Å². The molecule has 0 heterocycles. The molecule has 2 aromatic carbocycles. The molecule has 0 saturated heterocycles. The van der Waals surface area contributed by atoms with Gasteiger partial charge in [0.1, 0.15) is 5.75 Å². The minimum absolute atomic E-state index is 0. The Balaban J connectivity index is 0.00000288. The predicted molar refractivity (Wildman–Crippen MR) is 102 cm³/mol. The quantitative estimate of drug-likeness (QED) is 0.570. The number of nitrogens with one attached hydrogen (secondary N) is 1. The lowest BCUT2D eigenvalue weighted by atomic mass is 10.1. The van der Waals surface area contributed by atoms with Crippen LogP contribution in [0.15, 0.2) is 36.4 Å². The third kappa shape index (κ3) is 5.95. The lowest BCUT2D eigenvalue weighted by molar-refractivity contribution is -0.116. The summed E-state index contributed by atoms with van der Waals surface area (Å²) in [7, 11) is 0. The maximum absolute atomic E-state index is 12.0. The number of nitrogen functional groups attached to an aromatic ring is 1. The van der Waals surface area contributed by atoms with Gasteiger partial charge in [-0.3, -0.25) is 4.79 Å². The number of carbonyl (C=O) groups is 1. The van der Waals surface area contributed by atoms with Crippen LogP contribution in [0.2, 0.25) is 5.02 Å². The van der Waals surface area contributed by atoms with Gasteiger partial charge < -0.3 is 15.8 Å². The Hall–Kier alpha value is -1.91. The van der Waals surface area contributed by atoms with E-state index in [0.29, 0.717) is 30.2 Å². The molecule has 2 rings (SSSR count). The van der Waals surface area contributed by atoms with Crippen molar-refractivity contribution >= 4 is 41.3 Å². The molecule has 0 aliphatic rings. The molecular formula is C18H22Cl2N2O2. The van der Waals surface area contributed by atoms with Crippen molar-refractivity contribution in [1.82, 2.24) is 0 Å². The molecule has 0 spiro atoms. The van der Waals surface area contributed by atoms with E-state index in [1.54, 1.807) is 6.07 Å². The second-order valence-electron chi connectivity index (χ2n) is 5.49. The number of nitrogens with two attached hydrogens (primary N) is 1. The number of halogens is 2. The van der Waals surface area contributed by atoms with Gasteiger partial charge in [-0.15, -0.1) is 12.4 Å². The number of rotatable bonds is 6. The summed E-state index contributed by atoms with van der Waals surface area (Å²) in [4.78, 5) is 12.0. The highest BCUT2D eigenvalue weighted by Crippen LogP contribution is 2.21. The van der Waals surface area contributed by atoms with Crippen molar-refractivity contribution in [3.05, 3.63) is 52.5 Å². The number of ether oxygens (including phenoxy) is 1. The van der Waals surface area contributed by atoms with E-state index in [1.807, 2.05) is 44.2 Å². The number of amides is 1. The largest absolute Gasteiger partial charge is 0.494 e. The highest BCUT2D eigenvalue weighted by molar-refractivity contribution is 6.31. The number of carbonyl (C=O) groups excluding carboxylic acids is 1. The molecule has 24 heavy (non-hydrogen) atoms. The van der Waals surface area contributed by atoms with Crippen molar-refractivity contribution in [2.24, 2.45) is 0 Å². The van der Waals surface area contributed by atoms with Crippen molar-refractivity contribution in [3.63, 3.8) is 0 Å². The molecule has 0 bridgehead atoms. The predicted octanol–water partition coefficient (Wildman–Crippen LogP) is 4.76. The number of aryl methyl sites for hydroxylation is 2. The van der Waals surface area contributed by atoms with Crippen LogP contribution in [0.4, 0.5) is 11.4 Å². The van der Waals surface area contributed by atoms with Crippen molar-refractivity contribution in [2.45, 2.75) is 26.7 Å². The molecule has 3 N–H and O–H groups in total. The molecule has 0 radical (unpaired) electrons. The van der Waals surface area contributed by atoms with Gasteiger partial charge >= 0.3 is 0 Å². The molecule has 0 aromatic heterocycles. The molecule has 2 aromatic rings. The van der Waals surface area contributed by atoms with Crippen LogP contribution in [0.25, 0.3) is 0 Å². The third-order valence-corrected chi connectivity index (χ3v) is 3.91.